The van der Waals surface area contributed by atoms with Crippen molar-refractivity contribution in [1.29, 1.82) is 0 Å². The molecule has 0 radical (unpaired) electrons. The summed E-state index contributed by atoms with van der Waals surface area (Å²) in [6.07, 6.45) is -0.0764. The van der Waals surface area contributed by atoms with Crippen LogP contribution in [0.25, 0.3) is 0 Å². The van der Waals surface area contributed by atoms with Crippen LogP contribution in [0.5, 0.6) is 0 Å². The van der Waals surface area contributed by atoms with Crippen molar-refractivity contribution in [2.45, 2.75) is 11.9 Å². The van der Waals surface area contributed by atoms with E-state index in [1.54, 1.807) is 11.9 Å². The molecule has 0 heterocycles. The second kappa shape index (κ2) is 4.86. The lowest BCUT2D eigenvalue weighted by Crippen LogP contribution is -2.28. The molecule has 1 rings (SSSR count). The SMILES string of the molecule is CN(c1ccccc1)C(Cl)CC(=O)O. The lowest BCUT2D eigenvalue weighted by Gasteiger charge is -2.23. The molecule has 14 heavy (non-hydrogen) atoms. The number of carboxylic acid groups (broad SMARTS) is 1. The van der Waals surface area contributed by atoms with Crippen LogP contribution in [-0.2, 0) is 4.79 Å². The number of hydrogen-bond acceptors (Lipinski definition) is 2. The van der Waals surface area contributed by atoms with Crippen molar-refractivity contribution in [2.24, 2.45) is 0 Å². The molecule has 1 unspecified atom stereocenters. The molecule has 4 heteroatoms. The summed E-state index contributed by atoms with van der Waals surface area (Å²) in [5, 5.41) is 8.57. The fourth-order valence-electron chi connectivity index (χ4n) is 1.11. The Morgan fingerprint density at radius 1 is 1.50 bits per heavy atom. The third-order valence-corrected chi connectivity index (χ3v) is 2.37. The molecule has 0 aromatic heterocycles. The minimum atomic E-state index is -0.896. The van der Waals surface area contributed by atoms with Crippen LogP contribution in [0.4, 0.5) is 5.69 Å². The molecule has 1 aromatic carbocycles. The van der Waals surface area contributed by atoms with Crippen LogP contribution in [0.15, 0.2) is 30.3 Å². The number of carbonyl (C=O) groups is 1. The van der Waals surface area contributed by atoms with Gasteiger partial charge in [0.15, 0.2) is 0 Å². The molecule has 76 valence electrons. The van der Waals surface area contributed by atoms with Gasteiger partial charge in [-0.05, 0) is 12.1 Å². The van der Waals surface area contributed by atoms with E-state index in [4.69, 9.17) is 16.7 Å². The van der Waals surface area contributed by atoms with E-state index in [1.807, 2.05) is 30.3 Å². The predicted molar refractivity (Wildman–Crippen MR) is 56.7 cm³/mol. The molecule has 3 nitrogen and oxygen atoms in total. The van der Waals surface area contributed by atoms with E-state index < -0.39 is 11.5 Å². The number of halogens is 1. The molecule has 1 aromatic rings. The molecule has 0 aliphatic carbocycles. The summed E-state index contributed by atoms with van der Waals surface area (Å²) in [6.45, 7) is 0. The highest BCUT2D eigenvalue weighted by Gasteiger charge is 2.15. The molecule has 0 aliphatic heterocycles. The van der Waals surface area contributed by atoms with Crippen molar-refractivity contribution in [2.75, 3.05) is 11.9 Å². The zero-order chi connectivity index (χ0) is 10.6. The maximum atomic E-state index is 10.4. The molecule has 0 spiro atoms. The van der Waals surface area contributed by atoms with Crippen LogP contribution in [0, 0.1) is 0 Å². The molecule has 0 amide bonds. The molecule has 0 aliphatic rings. The zero-order valence-corrected chi connectivity index (χ0v) is 8.61. The summed E-state index contributed by atoms with van der Waals surface area (Å²) < 4.78 is 0. The van der Waals surface area contributed by atoms with Gasteiger partial charge >= 0.3 is 5.97 Å². The fourth-order valence-corrected chi connectivity index (χ4v) is 1.35. The third-order valence-electron chi connectivity index (χ3n) is 1.93. The molecular formula is C10H12ClNO2. The van der Waals surface area contributed by atoms with Crippen molar-refractivity contribution in [3.05, 3.63) is 30.3 Å². The first-order chi connectivity index (χ1) is 6.61. The molecule has 0 fully saturated rings. The number of anilines is 1. The highest BCUT2D eigenvalue weighted by atomic mass is 35.5. The first-order valence-electron chi connectivity index (χ1n) is 4.25. The number of nitrogens with zero attached hydrogens (tertiary/aromatic N) is 1. The number of para-hydroxylation sites is 1. The number of alkyl halides is 1. The number of aliphatic carboxylic acids is 1. The highest BCUT2D eigenvalue weighted by molar-refractivity contribution is 6.22. The number of hydrogen-bond donors (Lipinski definition) is 1. The minimum Gasteiger partial charge on any atom is -0.481 e. The molecular weight excluding hydrogens is 202 g/mol. The van der Waals surface area contributed by atoms with Gasteiger partial charge < -0.3 is 10.0 Å². The van der Waals surface area contributed by atoms with Gasteiger partial charge in [-0.15, -0.1) is 0 Å². The van der Waals surface area contributed by atoms with Gasteiger partial charge in [-0.3, -0.25) is 4.79 Å². The van der Waals surface area contributed by atoms with E-state index in [0.29, 0.717) is 0 Å². The highest BCUT2D eigenvalue weighted by Crippen LogP contribution is 2.18. The smallest absolute Gasteiger partial charge is 0.306 e. The molecule has 0 bridgehead atoms. The summed E-state index contributed by atoms with van der Waals surface area (Å²) in [6, 6.07) is 9.44. The van der Waals surface area contributed by atoms with E-state index >= 15 is 0 Å². The van der Waals surface area contributed by atoms with Crippen LogP contribution >= 0.6 is 11.6 Å². The Morgan fingerprint density at radius 3 is 2.57 bits per heavy atom. The lowest BCUT2D eigenvalue weighted by molar-refractivity contribution is -0.137. The maximum Gasteiger partial charge on any atom is 0.306 e. The maximum absolute atomic E-state index is 10.4. The van der Waals surface area contributed by atoms with Crippen molar-refractivity contribution in [1.82, 2.24) is 0 Å². The van der Waals surface area contributed by atoms with E-state index in [9.17, 15) is 4.79 Å². The Morgan fingerprint density at radius 2 is 2.07 bits per heavy atom. The molecule has 1 atom stereocenters. The van der Waals surface area contributed by atoms with Gasteiger partial charge in [0.05, 0.1) is 6.42 Å². The third kappa shape index (κ3) is 2.92. The van der Waals surface area contributed by atoms with Gasteiger partial charge in [0.2, 0.25) is 0 Å². The first kappa shape index (κ1) is 10.9. The van der Waals surface area contributed by atoms with Crippen molar-refractivity contribution in [3.8, 4) is 0 Å². The normalized spacial score (nSPS) is 12.1. The average molecular weight is 214 g/mol. The van der Waals surface area contributed by atoms with E-state index in [2.05, 4.69) is 0 Å². The largest absolute Gasteiger partial charge is 0.481 e. The first-order valence-corrected chi connectivity index (χ1v) is 4.68. The van der Waals surface area contributed by atoms with Gasteiger partial charge in [-0.25, -0.2) is 0 Å². The average Bonchev–Trinajstić information content (AvgIpc) is 2.17. The molecule has 0 saturated carbocycles. The Labute approximate surface area is 87.9 Å². The number of rotatable bonds is 4. The van der Waals surface area contributed by atoms with Gasteiger partial charge in [-0.2, -0.15) is 0 Å². The monoisotopic (exact) mass is 213 g/mol. The van der Waals surface area contributed by atoms with Gasteiger partial charge in [0.1, 0.15) is 5.50 Å². The molecule has 0 saturated heterocycles. The van der Waals surface area contributed by atoms with Crippen LogP contribution in [-0.4, -0.2) is 23.6 Å². The Balaban J connectivity index is 2.65. The van der Waals surface area contributed by atoms with Gasteiger partial charge in [0, 0.05) is 12.7 Å². The number of carboxylic acids is 1. The van der Waals surface area contributed by atoms with Crippen LogP contribution in [0.1, 0.15) is 6.42 Å². The van der Waals surface area contributed by atoms with Crippen molar-refractivity contribution < 1.29 is 9.90 Å². The van der Waals surface area contributed by atoms with E-state index in [1.165, 1.54) is 0 Å². The quantitative estimate of drug-likeness (QED) is 0.616. The predicted octanol–water partition coefficient (Wildman–Crippen LogP) is 2.16. The summed E-state index contributed by atoms with van der Waals surface area (Å²) >= 11 is 5.91. The zero-order valence-electron chi connectivity index (χ0n) is 7.85. The second-order valence-electron chi connectivity index (χ2n) is 2.98. The molecule has 1 N–H and O–H groups in total. The topological polar surface area (TPSA) is 40.5 Å². The fraction of sp³-hybridized carbons (Fsp3) is 0.300. The van der Waals surface area contributed by atoms with E-state index in [0.717, 1.165) is 5.69 Å². The Bertz CT molecular complexity index is 302. The van der Waals surface area contributed by atoms with Gasteiger partial charge in [0.25, 0.3) is 0 Å². The lowest BCUT2D eigenvalue weighted by atomic mass is 10.3. The van der Waals surface area contributed by atoms with Crippen molar-refractivity contribution in [3.63, 3.8) is 0 Å². The van der Waals surface area contributed by atoms with E-state index in [-0.39, 0.29) is 6.42 Å². The van der Waals surface area contributed by atoms with Crippen LogP contribution < -0.4 is 4.90 Å². The summed E-state index contributed by atoms with van der Waals surface area (Å²) in [5.74, 6) is -0.896. The second-order valence-corrected chi connectivity index (χ2v) is 3.48. The standard InChI is InChI=1S/C10H12ClNO2/c1-12(9(11)7-10(13)14)8-5-3-2-4-6-8/h2-6,9H,7H2,1H3,(H,13,14). The minimum absolute atomic E-state index is 0.0764. The summed E-state index contributed by atoms with van der Waals surface area (Å²) in [7, 11) is 1.77. The summed E-state index contributed by atoms with van der Waals surface area (Å²) in [4.78, 5) is 12.2. The summed E-state index contributed by atoms with van der Waals surface area (Å²) in [5.41, 5.74) is 0.392. The Kier molecular flexibility index (Phi) is 3.77. The van der Waals surface area contributed by atoms with Crippen molar-refractivity contribution >= 4 is 23.3 Å². The van der Waals surface area contributed by atoms with Crippen LogP contribution in [0.3, 0.4) is 0 Å². The van der Waals surface area contributed by atoms with Gasteiger partial charge in [-0.1, -0.05) is 29.8 Å². The number of benzene rings is 1. The Hall–Kier alpha value is -1.22. The van der Waals surface area contributed by atoms with Crippen LogP contribution in [0.2, 0.25) is 0 Å².